The molecule has 21 heavy (non-hydrogen) atoms. The number of carbonyl (C=O) groups excluding carboxylic acids is 1. The number of aromatic amines is 1. The highest BCUT2D eigenvalue weighted by Gasteiger charge is 2.12. The molecule has 0 atom stereocenters. The first kappa shape index (κ1) is 13.4. The maximum atomic E-state index is 12.0. The van der Waals surface area contributed by atoms with E-state index in [-0.39, 0.29) is 5.91 Å². The molecule has 0 spiro atoms. The van der Waals surface area contributed by atoms with Crippen molar-refractivity contribution >= 4 is 22.7 Å². The third-order valence-corrected chi connectivity index (χ3v) is 3.71. The Morgan fingerprint density at radius 2 is 2.14 bits per heavy atom. The molecule has 0 aliphatic carbocycles. The summed E-state index contributed by atoms with van der Waals surface area (Å²) in [6.45, 7) is 3.72. The first-order valence-electron chi connectivity index (χ1n) is 6.93. The lowest BCUT2D eigenvalue weighted by Crippen LogP contribution is -2.12. The minimum Gasteiger partial charge on any atom is -0.361 e. The molecule has 5 heteroatoms. The van der Waals surface area contributed by atoms with Crippen LogP contribution in [0.15, 0.2) is 35.0 Å². The Labute approximate surface area is 122 Å². The second-order valence-corrected chi connectivity index (χ2v) is 5.13. The van der Waals surface area contributed by atoms with Gasteiger partial charge in [-0.1, -0.05) is 23.4 Å². The van der Waals surface area contributed by atoms with Gasteiger partial charge in [-0.3, -0.25) is 10.1 Å². The normalized spacial score (nSPS) is 11.0. The third-order valence-electron chi connectivity index (χ3n) is 3.71. The molecular formula is C16H17N3O2. The number of para-hydroxylation sites is 1. The molecular weight excluding hydrogens is 266 g/mol. The highest BCUT2D eigenvalue weighted by molar-refractivity contribution is 5.91. The molecule has 3 aromatic rings. The van der Waals surface area contributed by atoms with Gasteiger partial charge in [-0.05, 0) is 31.9 Å². The molecule has 0 saturated heterocycles. The van der Waals surface area contributed by atoms with Crippen molar-refractivity contribution in [2.24, 2.45) is 0 Å². The number of aryl methyl sites for hydroxylation is 2. The number of rotatable bonds is 4. The van der Waals surface area contributed by atoms with Crippen LogP contribution in [0.2, 0.25) is 0 Å². The van der Waals surface area contributed by atoms with Gasteiger partial charge in [0.25, 0.3) is 0 Å². The van der Waals surface area contributed by atoms with Gasteiger partial charge in [0.2, 0.25) is 11.8 Å². The van der Waals surface area contributed by atoms with Crippen LogP contribution in [-0.2, 0) is 11.2 Å². The number of carbonyl (C=O) groups is 1. The molecule has 1 aromatic carbocycles. The fourth-order valence-electron chi connectivity index (χ4n) is 2.31. The Morgan fingerprint density at radius 3 is 2.90 bits per heavy atom. The van der Waals surface area contributed by atoms with E-state index in [0.29, 0.717) is 18.7 Å². The molecule has 5 nitrogen and oxygen atoms in total. The van der Waals surface area contributed by atoms with Crippen molar-refractivity contribution in [2.45, 2.75) is 26.7 Å². The zero-order chi connectivity index (χ0) is 14.8. The number of H-pyrrole nitrogens is 1. The fourth-order valence-corrected chi connectivity index (χ4v) is 2.31. The molecule has 2 heterocycles. The van der Waals surface area contributed by atoms with Crippen LogP contribution >= 0.6 is 0 Å². The molecule has 108 valence electrons. The molecule has 2 N–H and O–H groups in total. The van der Waals surface area contributed by atoms with Gasteiger partial charge in [0, 0.05) is 29.1 Å². The number of hydrogen-bond donors (Lipinski definition) is 2. The van der Waals surface area contributed by atoms with E-state index in [2.05, 4.69) is 21.5 Å². The summed E-state index contributed by atoms with van der Waals surface area (Å²) in [4.78, 5) is 15.2. The maximum absolute atomic E-state index is 12.0. The summed E-state index contributed by atoms with van der Waals surface area (Å²) in [6.07, 6.45) is 3.05. The van der Waals surface area contributed by atoms with E-state index in [9.17, 15) is 4.79 Å². The molecule has 0 saturated carbocycles. The Balaban J connectivity index is 1.65. The first-order valence-corrected chi connectivity index (χ1v) is 6.93. The van der Waals surface area contributed by atoms with E-state index < -0.39 is 0 Å². The lowest BCUT2D eigenvalue weighted by atomic mass is 10.1. The zero-order valence-electron chi connectivity index (χ0n) is 12.1. The number of hydrogen-bond acceptors (Lipinski definition) is 3. The third kappa shape index (κ3) is 2.67. The standard InChI is InChI=1S/C16H17N3O2/c1-10-11(2)19-21-16(10)18-15(20)8-7-12-9-17-14-6-4-3-5-13(12)14/h3-6,9,17H,7-8H2,1-2H3,(H,18,20). The lowest BCUT2D eigenvalue weighted by molar-refractivity contribution is -0.116. The summed E-state index contributed by atoms with van der Waals surface area (Å²) in [7, 11) is 0. The molecule has 1 amide bonds. The summed E-state index contributed by atoms with van der Waals surface area (Å²) in [5, 5.41) is 7.75. The van der Waals surface area contributed by atoms with Gasteiger partial charge in [0.15, 0.2) is 0 Å². The van der Waals surface area contributed by atoms with Crippen molar-refractivity contribution in [2.75, 3.05) is 5.32 Å². The van der Waals surface area contributed by atoms with Crippen LogP contribution in [-0.4, -0.2) is 16.0 Å². The van der Waals surface area contributed by atoms with Gasteiger partial charge in [0.1, 0.15) is 0 Å². The zero-order valence-corrected chi connectivity index (χ0v) is 12.1. The number of nitrogens with zero attached hydrogens (tertiary/aromatic N) is 1. The molecule has 0 aliphatic heterocycles. The van der Waals surface area contributed by atoms with Crippen molar-refractivity contribution in [3.8, 4) is 0 Å². The second kappa shape index (κ2) is 5.44. The molecule has 0 unspecified atom stereocenters. The molecule has 0 fully saturated rings. The van der Waals surface area contributed by atoms with Gasteiger partial charge < -0.3 is 9.51 Å². The van der Waals surface area contributed by atoms with Gasteiger partial charge >= 0.3 is 0 Å². The number of anilines is 1. The molecule has 3 rings (SSSR count). The molecule has 0 aliphatic rings. The Bertz CT molecular complexity index is 786. The summed E-state index contributed by atoms with van der Waals surface area (Å²) < 4.78 is 5.08. The predicted molar refractivity (Wildman–Crippen MR) is 81.2 cm³/mol. The highest BCUT2D eigenvalue weighted by atomic mass is 16.5. The van der Waals surface area contributed by atoms with Crippen LogP contribution in [0.4, 0.5) is 5.88 Å². The number of benzene rings is 1. The van der Waals surface area contributed by atoms with Crippen LogP contribution in [0, 0.1) is 13.8 Å². The number of nitrogens with one attached hydrogen (secondary N) is 2. The summed E-state index contributed by atoms with van der Waals surface area (Å²) in [5.41, 5.74) is 3.90. The monoisotopic (exact) mass is 283 g/mol. The average Bonchev–Trinajstić information content (AvgIpc) is 3.04. The number of fused-ring (bicyclic) bond motifs is 1. The Morgan fingerprint density at radius 1 is 1.33 bits per heavy atom. The Hall–Kier alpha value is -2.56. The van der Waals surface area contributed by atoms with E-state index in [1.54, 1.807) is 0 Å². The van der Waals surface area contributed by atoms with Gasteiger partial charge in [-0.25, -0.2) is 0 Å². The van der Waals surface area contributed by atoms with Crippen molar-refractivity contribution < 1.29 is 9.32 Å². The SMILES string of the molecule is Cc1noc(NC(=O)CCc2c[nH]c3ccccc23)c1C. The van der Waals surface area contributed by atoms with E-state index >= 15 is 0 Å². The first-order chi connectivity index (χ1) is 10.1. The smallest absolute Gasteiger partial charge is 0.234 e. The van der Waals surface area contributed by atoms with Gasteiger partial charge in [-0.2, -0.15) is 0 Å². The van der Waals surface area contributed by atoms with Crippen LogP contribution < -0.4 is 5.32 Å². The molecule has 2 aromatic heterocycles. The van der Waals surface area contributed by atoms with Gasteiger partial charge in [0.05, 0.1) is 5.69 Å². The number of amides is 1. The number of aromatic nitrogens is 2. The highest BCUT2D eigenvalue weighted by Crippen LogP contribution is 2.20. The van der Waals surface area contributed by atoms with Gasteiger partial charge in [-0.15, -0.1) is 0 Å². The van der Waals surface area contributed by atoms with Crippen LogP contribution in [0.3, 0.4) is 0 Å². The largest absolute Gasteiger partial charge is 0.361 e. The van der Waals surface area contributed by atoms with Crippen molar-refractivity contribution in [3.63, 3.8) is 0 Å². The van der Waals surface area contributed by atoms with Crippen molar-refractivity contribution in [1.82, 2.24) is 10.1 Å². The molecule has 0 radical (unpaired) electrons. The minimum absolute atomic E-state index is 0.0699. The predicted octanol–water partition coefficient (Wildman–Crippen LogP) is 3.34. The van der Waals surface area contributed by atoms with E-state index in [1.165, 1.54) is 0 Å². The van der Waals surface area contributed by atoms with Crippen LogP contribution in [0.25, 0.3) is 10.9 Å². The fraction of sp³-hybridized carbons (Fsp3) is 0.250. The van der Waals surface area contributed by atoms with E-state index in [4.69, 9.17) is 4.52 Å². The van der Waals surface area contributed by atoms with E-state index in [0.717, 1.165) is 27.7 Å². The van der Waals surface area contributed by atoms with Crippen molar-refractivity contribution in [3.05, 3.63) is 47.3 Å². The topological polar surface area (TPSA) is 70.9 Å². The maximum Gasteiger partial charge on any atom is 0.234 e. The van der Waals surface area contributed by atoms with E-state index in [1.807, 2.05) is 38.2 Å². The summed E-state index contributed by atoms with van der Waals surface area (Å²) in [5.74, 6) is 0.371. The van der Waals surface area contributed by atoms with Crippen molar-refractivity contribution in [1.29, 1.82) is 0 Å². The lowest BCUT2D eigenvalue weighted by Gasteiger charge is -2.02. The Kier molecular flexibility index (Phi) is 3.48. The minimum atomic E-state index is -0.0699. The van der Waals surface area contributed by atoms with Crippen LogP contribution in [0.5, 0.6) is 0 Å². The average molecular weight is 283 g/mol. The summed E-state index contributed by atoms with van der Waals surface area (Å²) in [6, 6.07) is 8.08. The summed E-state index contributed by atoms with van der Waals surface area (Å²) >= 11 is 0. The molecule has 0 bridgehead atoms. The quantitative estimate of drug-likeness (QED) is 0.771. The van der Waals surface area contributed by atoms with Crippen LogP contribution in [0.1, 0.15) is 23.2 Å². The second-order valence-electron chi connectivity index (χ2n) is 5.13.